The third-order valence-corrected chi connectivity index (χ3v) is 3.90. The number of piperidine rings is 1. The predicted molar refractivity (Wildman–Crippen MR) is 74.1 cm³/mol. The maximum absolute atomic E-state index is 5.42. The van der Waals surface area contributed by atoms with E-state index in [0.29, 0.717) is 11.8 Å². The molecule has 2 heterocycles. The average molecular weight is 257 g/mol. The van der Waals surface area contributed by atoms with E-state index < -0.39 is 0 Å². The Bertz CT molecular complexity index is 571. The Labute approximate surface area is 113 Å². The smallest absolute Gasteiger partial charge is 0.257 e. The molecule has 0 unspecified atom stereocenters. The molecular weight excluding hydrogens is 238 g/mol. The summed E-state index contributed by atoms with van der Waals surface area (Å²) in [5.74, 6) is 1.93. The van der Waals surface area contributed by atoms with Crippen molar-refractivity contribution in [1.29, 1.82) is 0 Å². The summed E-state index contributed by atoms with van der Waals surface area (Å²) in [6.45, 7) is 6.28. The lowest BCUT2D eigenvalue weighted by Gasteiger charge is -2.18. The Morgan fingerprint density at radius 3 is 2.68 bits per heavy atom. The van der Waals surface area contributed by atoms with Gasteiger partial charge in [0, 0.05) is 11.5 Å². The summed E-state index contributed by atoms with van der Waals surface area (Å²) >= 11 is 0. The lowest BCUT2D eigenvalue weighted by atomic mass is 9.97. The topological polar surface area (TPSA) is 51.0 Å². The Morgan fingerprint density at radius 1 is 1.16 bits per heavy atom. The Morgan fingerprint density at radius 2 is 1.95 bits per heavy atom. The molecule has 1 aromatic heterocycles. The first-order valence-electron chi connectivity index (χ1n) is 6.86. The molecule has 1 saturated heterocycles. The number of nitrogens with zero attached hydrogens (tertiary/aromatic N) is 2. The van der Waals surface area contributed by atoms with Crippen molar-refractivity contribution in [1.82, 2.24) is 15.5 Å². The molecule has 1 fully saturated rings. The molecule has 2 aromatic rings. The largest absolute Gasteiger partial charge is 0.334 e. The third-order valence-electron chi connectivity index (χ3n) is 3.90. The molecule has 3 rings (SSSR count). The summed E-state index contributed by atoms with van der Waals surface area (Å²) in [6, 6.07) is 6.25. The van der Waals surface area contributed by atoms with E-state index in [2.05, 4.69) is 41.4 Å². The summed E-state index contributed by atoms with van der Waals surface area (Å²) in [4.78, 5) is 4.57. The zero-order chi connectivity index (χ0) is 13.2. The lowest BCUT2D eigenvalue weighted by molar-refractivity contribution is 0.392. The molecule has 1 aromatic carbocycles. The van der Waals surface area contributed by atoms with E-state index in [9.17, 15) is 0 Å². The molecule has 0 spiro atoms. The van der Waals surface area contributed by atoms with Gasteiger partial charge in [-0.05, 0) is 63.0 Å². The minimum atomic E-state index is 0.435. The monoisotopic (exact) mass is 257 g/mol. The molecule has 0 atom stereocenters. The number of aryl methyl sites for hydroxylation is 2. The quantitative estimate of drug-likeness (QED) is 0.898. The van der Waals surface area contributed by atoms with Gasteiger partial charge in [-0.15, -0.1) is 0 Å². The molecule has 0 amide bonds. The molecule has 100 valence electrons. The molecular formula is C15H19N3O. The van der Waals surface area contributed by atoms with Crippen LogP contribution < -0.4 is 5.32 Å². The molecule has 19 heavy (non-hydrogen) atoms. The SMILES string of the molecule is Cc1ccc(-c2nc(C3CCNCC3)no2)cc1C. The fourth-order valence-corrected chi connectivity index (χ4v) is 2.47. The fourth-order valence-electron chi connectivity index (χ4n) is 2.47. The van der Waals surface area contributed by atoms with E-state index in [1.54, 1.807) is 0 Å². The van der Waals surface area contributed by atoms with Crippen LogP contribution in [0.25, 0.3) is 11.5 Å². The van der Waals surface area contributed by atoms with Crippen LogP contribution in [0.3, 0.4) is 0 Å². The van der Waals surface area contributed by atoms with Crippen LogP contribution in [0.4, 0.5) is 0 Å². The zero-order valence-electron chi connectivity index (χ0n) is 11.4. The highest BCUT2D eigenvalue weighted by Gasteiger charge is 2.21. The van der Waals surface area contributed by atoms with Crippen molar-refractivity contribution in [2.45, 2.75) is 32.6 Å². The summed E-state index contributed by atoms with van der Waals surface area (Å²) in [7, 11) is 0. The molecule has 4 nitrogen and oxygen atoms in total. The van der Waals surface area contributed by atoms with Gasteiger partial charge in [0.2, 0.25) is 0 Å². The average Bonchev–Trinajstić information content (AvgIpc) is 2.93. The van der Waals surface area contributed by atoms with Gasteiger partial charge in [-0.1, -0.05) is 11.2 Å². The minimum absolute atomic E-state index is 0.435. The van der Waals surface area contributed by atoms with Gasteiger partial charge in [-0.3, -0.25) is 0 Å². The number of hydrogen-bond acceptors (Lipinski definition) is 4. The Balaban J connectivity index is 1.85. The number of rotatable bonds is 2. The lowest BCUT2D eigenvalue weighted by Crippen LogP contribution is -2.27. The van der Waals surface area contributed by atoms with Crippen molar-refractivity contribution in [3.05, 3.63) is 35.2 Å². The van der Waals surface area contributed by atoms with Gasteiger partial charge < -0.3 is 9.84 Å². The molecule has 0 bridgehead atoms. The van der Waals surface area contributed by atoms with Crippen molar-refractivity contribution < 1.29 is 4.52 Å². The van der Waals surface area contributed by atoms with Crippen molar-refractivity contribution in [3.8, 4) is 11.5 Å². The standard InChI is InChI=1S/C15H19N3O/c1-10-3-4-13(9-11(10)2)15-17-14(18-19-15)12-5-7-16-8-6-12/h3-4,9,12,16H,5-8H2,1-2H3. The second-order valence-corrected chi connectivity index (χ2v) is 5.28. The number of hydrogen-bond donors (Lipinski definition) is 1. The number of aromatic nitrogens is 2. The maximum atomic E-state index is 5.42. The van der Waals surface area contributed by atoms with Crippen molar-refractivity contribution in [2.24, 2.45) is 0 Å². The summed E-state index contributed by atoms with van der Waals surface area (Å²) < 4.78 is 5.42. The van der Waals surface area contributed by atoms with Gasteiger partial charge in [-0.25, -0.2) is 0 Å². The number of nitrogens with one attached hydrogen (secondary N) is 1. The van der Waals surface area contributed by atoms with Gasteiger partial charge in [0.1, 0.15) is 0 Å². The van der Waals surface area contributed by atoms with Crippen molar-refractivity contribution >= 4 is 0 Å². The van der Waals surface area contributed by atoms with Crippen LogP contribution in [0.15, 0.2) is 22.7 Å². The van der Waals surface area contributed by atoms with E-state index in [4.69, 9.17) is 4.52 Å². The highest BCUT2D eigenvalue weighted by atomic mass is 16.5. The van der Waals surface area contributed by atoms with Crippen LogP contribution in [0.2, 0.25) is 0 Å². The molecule has 0 saturated carbocycles. The normalized spacial score (nSPS) is 16.7. The van der Waals surface area contributed by atoms with Crippen LogP contribution in [0.5, 0.6) is 0 Å². The van der Waals surface area contributed by atoms with Crippen LogP contribution in [-0.2, 0) is 0 Å². The number of benzene rings is 1. The van der Waals surface area contributed by atoms with Gasteiger partial charge in [0.05, 0.1) is 0 Å². The molecule has 1 N–H and O–H groups in total. The molecule has 4 heteroatoms. The second-order valence-electron chi connectivity index (χ2n) is 5.28. The van der Waals surface area contributed by atoms with Crippen molar-refractivity contribution in [3.63, 3.8) is 0 Å². The van der Waals surface area contributed by atoms with Crippen molar-refractivity contribution in [2.75, 3.05) is 13.1 Å². The summed E-state index contributed by atoms with van der Waals surface area (Å²) in [5, 5.41) is 7.50. The van der Waals surface area contributed by atoms with Crippen LogP contribution in [-0.4, -0.2) is 23.2 Å². The van der Waals surface area contributed by atoms with E-state index in [-0.39, 0.29) is 0 Å². The predicted octanol–water partition coefficient (Wildman–Crippen LogP) is 2.82. The van der Waals surface area contributed by atoms with E-state index >= 15 is 0 Å². The highest BCUT2D eigenvalue weighted by Crippen LogP contribution is 2.26. The van der Waals surface area contributed by atoms with E-state index in [0.717, 1.165) is 37.3 Å². The van der Waals surface area contributed by atoms with Gasteiger partial charge in [0.15, 0.2) is 5.82 Å². The highest BCUT2D eigenvalue weighted by molar-refractivity contribution is 5.55. The minimum Gasteiger partial charge on any atom is -0.334 e. The molecule has 0 radical (unpaired) electrons. The van der Waals surface area contributed by atoms with E-state index in [1.807, 2.05) is 6.07 Å². The first kappa shape index (κ1) is 12.4. The van der Waals surface area contributed by atoms with Gasteiger partial charge in [0.25, 0.3) is 5.89 Å². The molecule has 1 aliphatic rings. The fraction of sp³-hybridized carbons (Fsp3) is 0.467. The summed E-state index contributed by atoms with van der Waals surface area (Å²) in [5.41, 5.74) is 3.54. The first-order chi connectivity index (χ1) is 9.24. The third kappa shape index (κ3) is 2.54. The van der Waals surface area contributed by atoms with Crippen LogP contribution in [0.1, 0.15) is 35.7 Å². The Hall–Kier alpha value is -1.68. The maximum Gasteiger partial charge on any atom is 0.257 e. The first-order valence-corrected chi connectivity index (χ1v) is 6.86. The zero-order valence-corrected chi connectivity index (χ0v) is 11.4. The second kappa shape index (κ2) is 5.13. The molecule has 1 aliphatic heterocycles. The van der Waals surface area contributed by atoms with Gasteiger partial charge in [-0.2, -0.15) is 4.98 Å². The molecule has 0 aliphatic carbocycles. The van der Waals surface area contributed by atoms with Crippen LogP contribution in [0, 0.1) is 13.8 Å². The van der Waals surface area contributed by atoms with Gasteiger partial charge >= 0.3 is 0 Å². The van der Waals surface area contributed by atoms with E-state index in [1.165, 1.54) is 11.1 Å². The van der Waals surface area contributed by atoms with Crippen LogP contribution >= 0.6 is 0 Å². The summed E-state index contributed by atoms with van der Waals surface area (Å²) in [6.07, 6.45) is 2.18. The Kier molecular flexibility index (Phi) is 3.34.